The van der Waals surface area contributed by atoms with Crippen LogP contribution in [0.5, 0.6) is 0 Å². The van der Waals surface area contributed by atoms with Crippen LogP contribution >= 0.6 is 0 Å². The first-order chi connectivity index (χ1) is 12.3. The number of nitrogens with one attached hydrogen (secondary N) is 1. The highest BCUT2D eigenvalue weighted by Gasteiger charge is 2.18. The topological polar surface area (TPSA) is 50.7 Å². The van der Waals surface area contributed by atoms with Gasteiger partial charge in [0.05, 0.1) is 24.9 Å². The molecule has 3 rings (SSSR count). The van der Waals surface area contributed by atoms with Crippen LogP contribution < -0.4 is 5.32 Å². The Morgan fingerprint density at radius 2 is 1.52 bits per heavy atom. The van der Waals surface area contributed by atoms with E-state index in [1.807, 2.05) is 36.4 Å². The van der Waals surface area contributed by atoms with Crippen molar-refractivity contribution in [3.63, 3.8) is 0 Å². The molecule has 0 radical (unpaired) electrons. The smallest absolute Gasteiger partial charge is 0.0898 e. The molecule has 1 atom stereocenters. The van der Waals surface area contributed by atoms with Crippen LogP contribution in [0.15, 0.2) is 60.7 Å². The summed E-state index contributed by atoms with van der Waals surface area (Å²) >= 11 is 0. The van der Waals surface area contributed by atoms with E-state index >= 15 is 0 Å². The second-order valence-corrected chi connectivity index (χ2v) is 6.46. The van der Waals surface area contributed by atoms with Gasteiger partial charge in [-0.15, -0.1) is 0 Å². The number of ether oxygens (including phenoxy) is 2. The molecule has 4 nitrogen and oxygen atoms in total. The molecule has 2 aromatic rings. The fourth-order valence-corrected chi connectivity index (χ4v) is 3.12. The van der Waals surface area contributed by atoms with E-state index in [1.54, 1.807) is 0 Å². The van der Waals surface area contributed by atoms with Crippen molar-refractivity contribution in [1.29, 1.82) is 0 Å². The van der Waals surface area contributed by atoms with E-state index in [9.17, 15) is 5.11 Å². The number of aliphatic hydroxyl groups excluding tert-OH is 1. The highest BCUT2D eigenvalue weighted by atomic mass is 16.5. The van der Waals surface area contributed by atoms with Gasteiger partial charge in [0, 0.05) is 19.8 Å². The van der Waals surface area contributed by atoms with Gasteiger partial charge in [-0.05, 0) is 24.0 Å². The SMILES string of the molecule is OC(CNC(c1ccccc1)c1ccccc1)COC1CCOCC1. The maximum absolute atomic E-state index is 10.3. The van der Waals surface area contributed by atoms with Gasteiger partial charge in [0.15, 0.2) is 0 Å². The summed E-state index contributed by atoms with van der Waals surface area (Å²) in [6.45, 7) is 2.35. The third-order valence-electron chi connectivity index (χ3n) is 4.52. The summed E-state index contributed by atoms with van der Waals surface area (Å²) in [5.74, 6) is 0. The van der Waals surface area contributed by atoms with Gasteiger partial charge in [0.2, 0.25) is 0 Å². The molecule has 1 aliphatic rings. The predicted octanol–water partition coefficient (Wildman–Crippen LogP) is 2.92. The lowest BCUT2D eigenvalue weighted by molar-refractivity contribution is -0.0587. The van der Waals surface area contributed by atoms with Crippen molar-refractivity contribution >= 4 is 0 Å². The fourth-order valence-electron chi connectivity index (χ4n) is 3.12. The Balaban J connectivity index is 1.55. The molecule has 4 heteroatoms. The zero-order valence-electron chi connectivity index (χ0n) is 14.5. The summed E-state index contributed by atoms with van der Waals surface area (Å²) in [7, 11) is 0. The zero-order valence-corrected chi connectivity index (χ0v) is 14.5. The zero-order chi connectivity index (χ0) is 17.3. The average Bonchev–Trinajstić information content (AvgIpc) is 2.69. The minimum atomic E-state index is -0.530. The standard InChI is InChI=1S/C21H27NO3/c23-19(16-25-20-11-13-24-14-12-20)15-22-21(17-7-3-1-4-8-17)18-9-5-2-6-10-18/h1-10,19-23H,11-16H2. The van der Waals surface area contributed by atoms with Crippen LogP contribution in [-0.2, 0) is 9.47 Å². The summed E-state index contributed by atoms with van der Waals surface area (Å²) in [5.41, 5.74) is 2.37. The van der Waals surface area contributed by atoms with Gasteiger partial charge in [0.25, 0.3) is 0 Å². The highest BCUT2D eigenvalue weighted by molar-refractivity contribution is 5.31. The first-order valence-corrected chi connectivity index (χ1v) is 9.03. The lowest BCUT2D eigenvalue weighted by Gasteiger charge is -2.25. The van der Waals surface area contributed by atoms with Crippen molar-refractivity contribution in [2.24, 2.45) is 0 Å². The molecule has 1 saturated heterocycles. The van der Waals surface area contributed by atoms with Gasteiger partial charge >= 0.3 is 0 Å². The Hall–Kier alpha value is -1.72. The summed E-state index contributed by atoms with van der Waals surface area (Å²) in [4.78, 5) is 0. The normalized spacial score (nSPS) is 16.9. The average molecular weight is 341 g/mol. The lowest BCUT2D eigenvalue weighted by Crippen LogP contribution is -2.35. The molecule has 1 aliphatic heterocycles. The fraction of sp³-hybridized carbons (Fsp3) is 0.429. The molecular formula is C21H27NO3. The van der Waals surface area contributed by atoms with Crippen molar-refractivity contribution in [3.8, 4) is 0 Å². The van der Waals surface area contributed by atoms with Crippen molar-refractivity contribution in [2.45, 2.75) is 31.1 Å². The molecule has 0 aliphatic carbocycles. The molecule has 1 fully saturated rings. The number of hydrogen-bond acceptors (Lipinski definition) is 4. The maximum atomic E-state index is 10.3. The molecule has 0 amide bonds. The van der Waals surface area contributed by atoms with Crippen LogP contribution in [0.2, 0.25) is 0 Å². The Morgan fingerprint density at radius 1 is 0.960 bits per heavy atom. The number of rotatable bonds is 8. The summed E-state index contributed by atoms with van der Waals surface area (Å²) in [6.07, 6.45) is 1.51. The number of aliphatic hydroxyl groups is 1. The van der Waals surface area contributed by atoms with Gasteiger partial charge in [-0.1, -0.05) is 60.7 Å². The molecule has 2 N–H and O–H groups in total. The molecule has 0 bridgehead atoms. The lowest BCUT2D eigenvalue weighted by atomic mass is 9.98. The van der Waals surface area contributed by atoms with Crippen LogP contribution in [0.1, 0.15) is 30.0 Å². The largest absolute Gasteiger partial charge is 0.389 e. The van der Waals surface area contributed by atoms with Gasteiger partial charge in [-0.2, -0.15) is 0 Å². The van der Waals surface area contributed by atoms with Crippen LogP contribution in [0.3, 0.4) is 0 Å². The molecular weight excluding hydrogens is 314 g/mol. The van der Waals surface area contributed by atoms with Gasteiger partial charge in [-0.25, -0.2) is 0 Å². The number of hydrogen-bond donors (Lipinski definition) is 2. The molecule has 0 spiro atoms. The molecule has 0 aromatic heterocycles. The Labute approximate surface area is 149 Å². The molecule has 0 saturated carbocycles. The first kappa shape index (κ1) is 18.1. The second kappa shape index (κ2) is 9.68. The Bertz CT molecular complexity index is 560. The van der Waals surface area contributed by atoms with Gasteiger partial charge < -0.3 is 19.9 Å². The monoisotopic (exact) mass is 341 g/mol. The second-order valence-electron chi connectivity index (χ2n) is 6.46. The van der Waals surface area contributed by atoms with E-state index in [1.165, 1.54) is 11.1 Å². The van der Waals surface area contributed by atoms with Crippen molar-refractivity contribution in [2.75, 3.05) is 26.4 Å². The van der Waals surface area contributed by atoms with E-state index in [0.717, 1.165) is 26.1 Å². The quantitative estimate of drug-likeness (QED) is 0.775. The molecule has 134 valence electrons. The first-order valence-electron chi connectivity index (χ1n) is 9.03. The molecule has 25 heavy (non-hydrogen) atoms. The predicted molar refractivity (Wildman–Crippen MR) is 98.5 cm³/mol. The van der Waals surface area contributed by atoms with Crippen LogP contribution in [0, 0.1) is 0 Å². The summed E-state index contributed by atoms with van der Waals surface area (Å²) in [6, 6.07) is 20.7. The third kappa shape index (κ3) is 5.65. The molecule has 2 aromatic carbocycles. The van der Waals surface area contributed by atoms with Crippen molar-refractivity contribution in [1.82, 2.24) is 5.32 Å². The van der Waals surface area contributed by atoms with E-state index in [2.05, 4.69) is 29.6 Å². The molecule has 1 unspecified atom stereocenters. The number of benzene rings is 2. The van der Waals surface area contributed by atoms with E-state index in [-0.39, 0.29) is 12.1 Å². The van der Waals surface area contributed by atoms with Crippen molar-refractivity contribution < 1.29 is 14.6 Å². The minimum absolute atomic E-state index is 0.0557. The Morgan fingerprint density at radius 3 is 2.08 bits per heavy atom. The molecule has 1 heterocycles. The van der Waals surface area contributed by atoms with Gasteiger partial charge in [0.1, 0.15) is 0 Å². The van der Waals surface area contributed by atoms with Crippen LogP contribution in [0.25, 0.3) is 0 Å². The summed E-state index contributed by atoms with van der Waals surface area (Å²) < 4.78 is 11.1. The van der Waals surface area contributed by atoms with E-state index in [4.69, 9.17) is 9.47 Å². The van der Waals surface area contributed by atoms with Crippen molar-refractivity contribution in [3.05, 3.63) is 71.8 Å². The van der Waals surface area contributed by atoms with Crippen LogP contribution in [0.4, 0.5) is 0 Å². The van der Waals surface area contributed by atoms with Crippen LogP contribution in [-0.4, -0.2) is 43.7 Å². The summed E-state index contributed by atoms with van der Waals surface area (Å²) in [5, 5.41) is 13.8. The maximum Gasteiger partial charge on any atom is 0.0898 e. The van der Waals surface area contributed by atoms with Gasteiger partial charge in [-0.3, -0.25) is 0 Å². The third-order valence-corrected chi connectivity index (χ3v) is 4.52. The van der Waals surface area contributed by atoms with E-state index < -0.39 is 6.10 Å². The van der Waals surface area contributed by atoms with E-state index in [0.29, 0.717) is 13.2 Å². The minimum Gasteiger partial charge on any atom is -0.389 e. The highest BCUT2D eigenvalue weighted by Crippen LogP contribution is 2.21. The Kier molecular flexibility index (Phi) is 7.00.